The summed E-state index contributed by atoms with van der Waals surface area (Å²) in [5.41, 5.74) is 8.90. The molecule has 2 atom stereocenters. The van der Waals surface area contributed by atoms with Crippen LogP contribution in [-0.4, -0.2) is 11.0 Å². The highest BCUT2D eigenvalue weighted by Crippen LogP contribution is 2.19. The van der Waals surface area contributed by atoms with E-state index in [1.54, 1.807) is 0 Å². The molecule has 2 aromatic carbocycles. The number of carbonyl (C=O) groups is 1. The number of amides is 1. The first-order valence-electron chi connectivity index (χ1n) is 7.38. The van der Waals surface area contributed by atoms with E-state index in [4.69, 9.17) is 10.8 Å². The van der Waals surface area contributed by atoms with E-state index < -0.39 is 0 Å². The second-order valence-corrected chi connectivity index (χ2v) is 5.42. The quantitative estimate of drug-likeness (QED) is 0.764. The Balaban J connectivity index is 1.93. The Bertz CT molecular complexity index is 613. The Labute approximate surface area is 131 Å². The van der Waals surface area contributed by atoms with Crippen LogP contribution < -0.4 is 11.1 Å². The zero-order chi connectivity index (χ0) is 15.9. The lowest BCUT2D eigenvalue weighted by Gasteiger charge is -2.20. The molecule has 0 aliphatic heterocycles. The molecule has 2 unspecified atom stereocenters. The predicted octanol–water partition coefficient (Wildman–Crippen LogP) is 2.13. The molecule has 0 aliphatic carbocycles. The van der Waals surface area contributed by atoms with Crippen molar-refractivity contribution in [3.05, 3.63) is 71.3 Å². The molecule has 2 aromatic rings. The molecule has 0 aromatic heterocycles. The van der Waals surface area contributed by atoms with Crippen molar-refractivity contribution in [2.75, 3.05) is 0 Å². The summed E-state index contributed by atoms with van der Waals surface area (Å²) >= 11 is 0. The summed E-state index contributed by atoms with van der Waals surface area (Å²) < 4.78 is 0. The van der Waals surface area contributed by atoms with E-state index >= 15 is 0 Å². The topological polar surface area (TPSA) is 75.3 Å². The van der Waals surface area contributed by atoms with E-state index in [1.165, 1.54) is 0 Å². The molecular weight excluding hydrogens is 276 g/mol. The average molecular weight is 298 g/mol. The van der Waals surface area contributed by atoms with E-state index in [0.29, 0.717) is 6.54 Å². The first-order valence-corrected chi connectivity index (χ1v) is 7.38. The molecule has 4 heteroatoms. The molecule has 4 nitrogen and oxygen atoms in total. The van der Waals surface area contributed by atoms with Crippen molar-refractivity contribution in [2.24, 2.45) is 11.7 Å². The minimum Gasteiger partial charge on any atom is -0.392 e. The van der Waals surface area contributed by atoms with Gasteiger partial charge >= 0.3 is 0 Å². The molecule has 116 valence electrons. The Morgan fingerprint density at radius 1 is 1.14 bits per heavy atom. The Kier molecular flexibility index (Phi) is 5.69. The van der Waals surface area contributed by atoms with Crippen LogP contribution in [0.3, 0.4) is 0 Å². The van der Waals surface area contributed by atoms with E-state index in [-0.39, 0.29) is 24.5 Å². The van der Waals surface area contributed by atoms with Crippen LogP contribution in [0.25, 0.3) is 0 Å². The number of hydrogen-bond acceptors (Lipinski definition) is 3. The first-order chi connectivity index (χ1) is 10.6. The Morgan fingerprint density at radius 3 is 2.50 bits per heavy atom. The van der Waals surface area contributed by atoms with Gasteiger partial charge in [-0.15, -0.1) is 0 Å². The summed E-state index contributed by atoms with van der Waals surface area (Å²) in [5, 5.41) is 12.0. The second kappa shape index (κ2) is 7.73. The highest BCUT2D eigenvalue weighted by Gasteiger charge is 2.21. The number of aliphatic hydroxyl groups is 1. The molecule has 0 heterocycles. The van der Waals surface area contributed by atoms with Crippen molar-refractivity contribution in [2.45, 2.75) is 26.1 Å². The van der Waals surface area contributed by atoms with Gasteiger partial charge in [-0.05, 0) is 16.7 Å². The average Bonchev–Trinajstić information content (AvgIpc) is 2.59. The largest absolute Gasteiger partial charge is 0.392 e. The highest BCUT2D eigenvalue weighted by atomic mass is 16.3. The van der Waals surface area contributed by atoms with Crippen molar-refractivity contribution in [1.29, 1.82) is 0 Å². The molecule has 4 N–H and O–H groups in total. The molecule has 0 bridgehead atoms. The van der Waals surface area contributed by atoms with Gasteiger partial charge in [-0.3, -0.25) is 4.79 Å². The minimum atomic E-state index is -0.329. The van der Waals surface area contributed by atoms with Gasteiger partial charge in [0.1, 0.15) is 0 Å². The summed E-state index contributed by atoms with van der Waals surface area (Å²) in [5.74, 6) is -0.394. The summed E-state index contributed by atoms with van der Waals surface area (Å²) in [7, 11) is 0. The summed E-state index contributed by atoms with van der Waals surface area (Å²) in [6.07, 6.45) is 0. The number of aliphatic hydroxyl groups excluding tert-OH is 1. The first kappa shape index (κ1) is 16.2. The molecule has 1 amide bonds. The lowest BCUT2D eigenvalue weighted by Crippen LogP contribution is -2.35. The van der Waals surface area contributed by atoms with Crippen molar-refractivity contribution in [1.82, 2.24) is 5.32 Å². The minimum absolute atomic E-state index is 0.00291. The fourth-order valence-electron chi connectivity index (χ4n) is 2.32. The van der Waals surface area contributed by atoms with Gasteiger partial charge in [-0.25, -0.2) is 0 Å². The highest BCUT2D eigenvalue weighted by molar-refractivity contribution is 5.79. The number of rotatable bonds is 6. The molecular formula is C18H22N2O2. The number of nitrogens with two attached hydrogens (primary N) is 1. The van der Waals surface area contributed by atoms with Gasteiger partial charge in [-0.2, -0.15) is 0 Å². The van der Waals surface area contributed by atoms with Crippen molar-refractivity contribution < 1.29 is 9.90 Å². The molecule has 2 rings (SSSR count). The molecule has 0 radical (unpaired) electrons. The predicted molar refractivity (Wildman–Crippen MR) is 86.7 cm³/mol. The number of carbonyl (C=O) groups excluding carboxylic acids is 1. The van der Waals surface area contributed by atoms with Crippen LogP contribution in [0.15, 0.2) is 54.6 Å². The zero-order valence-electron chi connectivity index (χ0n) is 12.7. The molecule has 0 saturated carbocycles. The summed E-state index contributed by atoms with van der Waals surface area (Å²) in [6.45, 7) is 2.26. The van der Waals surface area contributed by atoms with Crippen molar-refractivity contribution >= 4 is 5.91 Å². The van der Waals surface area contributed by atoms with Gasteiger partial charge < -0.3 is 16.2 Å². The van der Waals surface area contributed by atoms with E-state index in [9.17, 15) is 4.79 Å². The fourth-order valence-corrected chi connectivity index (χ4v) is 2.32. The third-order valence-corrected chi connectivity index (χ3v) is 3.78. The third-order valence-electron chi connectivity index (χ3n) is 3.78. The monoisotopic (exact) mass is 298 g/mol. The molecule has 0 spiro atoms. The van der Waals surface area contributed by atoms with Gasteiger partial charge in [0.25, 0.3) is 0 Å². The number of nitrogens with one attached hydrogen (secondary N) is 1. The molecule has 0 fully saturated rings. The smallest absolute Gasteiger partial charge is 0.225 e. The SMILES string of the molecule is CC(C(=O)NCc1cccc(CO)c1)C(N)c1ccccc1. The molecule has 0 saturated heterocycles. The van der Waals surface area contributed by atoms with E-state index in [1.807, 2.05) is 61.5 Å². The van der Waals surface area contributed by atoms with Gasteiger partial charge in [0.05, 0.1) is 12.5 Å². The van der Waals surface area contributed by atoms with Gasteiger partial charge in [-0.1, -0.05) is 61.5 Å². The van der Waals surface area contributed by atoms with Gasteiger partial charge in [0, 0.05) is 12.6 Å². The maximum Gasteiger partial charge on any atom is 0.225 e. The number of hydrogen-bond donors (Lipinski definition) is 3. The van der Waals surface area contributed by atoms with Crippen LogP contribution in [0, 0.1) is 5.92 Å². The van der Waals surface area contributed by atoms with E-state index in [2.05, 4.69) is 5.32 Å². The van der Waals surface area contributed by atoms with Crippen molar-refractivity contribution in [3.63, 3.8) is 0 Å². The lowest BCUT2D eigenvalue weighted by molar-refractivity contribution is -0.125. The zero-order valence-corrected chi connectivity index (χ0v) is 12.7. The lowest BCUT2D eigenvalue weighted by atomic mass is 9.94. The Morgan fingerprint density at radius 2 is 1.82 bits per heavy atom. The fraction of sp³-hybridized carbons (Fsp3) is 0.278. The van der Waals surface area contributed by atoms with Crippen LogP contribution in [0.2, 0.25) is 0 Å². The summed E-state index contributed by atoms with van der Waals surface area (Å²) in [6, 6.07) is 16.8. The maximum atomic E-state index is 12.2. The van der Waals surface area contributed by atoms with Crippen molar-refractivity contribution in [3.8, 4) is 0 Å². The third kappa shape index (κ3) is 4.16. The second-order valence-electron chi connectivity index (χ2n) is 5.42. The summed E-state index contributed by atoms with van der Waals surface area (Å²) in [4.78, 5) is 12.2. The van der Waals surface area contributed by atoms with Crippen LogP contribution >= 0.6 is 0 Å². The van der Waals surface area contributed by atoms with Crippen LogP contribution in [-0.2, 0) is 17.9 Å². The number of benzene rings is 2. The molecule has 22 heavy (non-hydrogen) atoms. The van der Waals surface area contributed by atoms with Gasteiger partial charge in [0.15, 0.2) is 0 Å². The van der Waals surface area contributed by atoms with E-state index in [0.717, 1.165) is 16.7 Å². The molecule has 0 aliphatic rings. The van der Waals surface area contributed by atoms with Crippen LogP contribution in [0.1, 0.15) is 29.7 Å². The maximum absolute atomic E-state index is 12.2. The standard InChI is InChI=1S/C18H22N2O2/c1-13(17(19)16-8-3-2-4-9-16)18(22)20-11-14-6-5-7-15(10-14)12-21/h2-10,13,17,21H,11-12,19H2,1H3,(H,20,22). The van der Waals surface area contributed by atoms with Gasteiger partial charge in [0.2, 0.25) is 5.91 Å². The van der Waals surface area contributed by atoms with Crippen LogP contribution in [0.4, 0.5) is 0 Å². The Hall–Kier alpha value is -2.17. The normalized spacial score (nSPS) is 13.4. The van der Waals surface area contributed by atoms with Crippen LogP contribution in [0.5, 0.6) is 0 Å².